The van der Waals surface area contributed by atoms with E-state index in [2.05, 4.69) is 15.2 Å². The van der Waals surface area contributed by atoms with Crippen molar-refractivity contribution in [2.45, 2.75) is 12.7 Å². The Balaban J connectivity index is 1.39. The Kier molecular flexibility index (Phi) is 6.79. The molecule has 3 aromatic rings. The predicted molar refractivity (Wildman–Crippen MR) is 116 cm³/mol. The lowest BCUT2D eigenvalue weighted by atomic mass is 10.2. The van der Waals surface area contributed by atoms with Crippen LogP contribution in [-0.4, -0.2) is 37.2 Å². The summed E-state index contributed by atoms with van der Waals surface area (Å²) in [4.78, 5) is 19.2. The van der Waals surface area contributed by atoms with E-state index in [0.29, 0.717) is 25.3 Å². The standard InChI is InChI=1S/C24H22F3N3O3/c25-24(26,27)19-4-2-6-21(15-19)33-20-5-1-3-18(14-20)23(31)29-16-17-7-8-28-22(13-17)30-9-11-32-12-10-30/h1-8,13-15H,9-12,16H2,(H,29,31). The Labute approximate surface area is 189 Å². The van der Waals surface area contributed by atoms with E-state index < -0.39 is 11.7 Å². The molecule has 1 aromatic heterocycles. The molecule has 1 N–H and O–H groups in total. The van der Waals surface area contributed by atoms with Crippen molar-refractivity contribution in [2.75, 3.05) is 31.2 Å². The van der Waals surface area contributed by atoms with E-state index in [9.17, 15) is 18.0 Å². The van der Waals surface area contributed by atoms with E-state index in [4.69, 9.17) is 9.47 Å². The normalized spacial score (nSPS) is 14.1. The van der Waals surface area contributed by atoms with Gasteiger partial charge in [-0.05, 0) is 54.1 Å². The van der Waals surface area contributed by atoms with Crippen molar-refractivity contribution in [3.05, 3.63) is 83.6 Å². The molecule has 172 valence electrons. The van der Waals surface area contributed by atoms with Crippen molar-refractivity contribution in [1.29, 1.82) is 0 Å². The lowest BCUT2D eigenvalue weighted by Gasteiger charge is -2.28. The average Bonchev–Trinajstić information content (AvgIpc) is 2.83. The molecule has 6 nitrogen and oxygen atoms in total. The summed E-state index contributed by atoms with van der Waals surface area (Å²) in [7, 11) is 0. The van der Waals surface area contributed by atoms with Crippen LogP contribution in [0.15, 0.2) is 66.9 Å². The molecule has 4 rings (SSSR count). The van der Waals surface area contributed by atoms with Gasteiger partial charge in [0.05, 0.1) is 18.8 Å². The van der Waals surface area contributed by atoms with Crippen LogP contribution in [0.25, 0.3) is 0 Å². The Bertz CT molecular complexity index is 1120. The van der Waals surface area contributed by atoms with Crippen LogP contribution in [0, 0.1) is 0 Å². The number of hydrogen-bond acceptors (Lipinski definition) is 5. The van der Waals surface area contributed by atoms with Crippen molar-refractivity contribution in [2.24, 2.45) is 0 Å². The zero-order valence-corrected chi connectivity index (χ0v) is 17.6. The number of pyridine rings is 1. The Morgan fingerprint density at radius 3 is 2.52 bits per heavy atom. The van der Waals surface area contributed by atoms with Gasteiger partial charge >= 0.3 is 6.18 Å². The van der Waals surface area contributed by atoms with E-state index in [1.165, 1.54) is 18.2 Å². The topological polar surface area (TPSA) is 63.7 Å². The molecule has 9 heteroatoms. The fraction of sp³-hybridized carbons (Fsp3) is 0.250. The minimum Gasteiger partial charge on any atom is -0.457 e. The number of benzene rings is 2. The quantitative estimate of drug-likeness (QED) is 0.584. The largest absolute Gasteiger partial charge is 0.457 e. The van der Waals surface area contributed by atoms with Crippen molar-refractivity contribution in [3.63, 3.8) is 0 Å². The number of morpholine rings is 1. The van der Waals surface area contributed by atoms with Crippen LogP contribution in [0.2, 0.25) is 0 Å². The summed E-state index contributed by atoms with van der Waals surface area (Å²) in [6.07, 6.45) is -2.76. The number of anilines is 1. The molecule has 1 aliphatic heterocycles. The molecule has 0 bridgehead atoms. The number of alkyl halides is 3. The summed E-state index contributed by atoms with van der Waals surface area (Å²) in [5, 5.41) is 2.85. The van der Waals surface area contributed by atoms with Crippen molar-refractivity contribution >= 4 is 11.7 Å². The van der Waals surface area contributed by atoms with Gasteiger partial charge in [-0.2, -0.15) is 13.2 Å². The lowest BCUT2D eigenvalue weighted by molar-refractivity contribution is -0.137. The van der Waals surface area contributed by atoms with Gasteiger partial charge in [-0.1, -0.05) is 12.1 Å². The van der Waals surface area contributed by atoms with E-state index in [-0.39, 0.29) is 17.4 Å². The highest BCUT2D eigenvalue weighted by molar-refractivity contribution is 5.94. The van der Waals surface area contributed by atoms with Crippen LogP contribution < -0.4 is 15.0 Å². The fourth-order valence-corrected chi connectivity index (χ4v) is 3.39. The minimum absolute atomic E-state index is 0.0369. The fourth-order valence-electron chi connectivity index (χ4n) is 3.39. The van der Waals surface area contributed by atoms with E-state index >= 15 is 0 Å². The third-order valence-corrected chi connectivity index (χ3v) is 5.09. The maximum Gasteiger partial charge on any atom is 0.416 e. The van der Waals surface area contributed by atoms with Crippen molar-refractivity contribution in [1.82, 2.24) is 10.3 Å². The molecule has 33 heavy (non-hydrogen) atoms. The molecule has 2 heterocycles. The van der Waals surface area contributed by atoms with Crippen LogP contribution in [0.1, 0.15) is 21.5 Å². The lowest BCUT2D eigenvalue weighted by Crippen LogP contribution is -2.36. The zero-order chi connectivity index (χ0) is 23.3. The summed E-state index contributed by atoms with van der Waals surface area (Å²) >= 11 is 0. The van der Waals surface area contributed by atoms with Crippen LogP contribution >= 0.6 is 0 Å². The first-order valence-electron chi connectivity index (χ1n) is 10.4. The van der Waals surface area contributed by atoms with Gasteiger partial charge in [0.2, 0.25) is 0 Å². The summed E-state index contributed by atoms with van der Waals surface area (Å²) in [5.41, 5.74) is 0.431. The first-order chi connectivity index (χ1) is 15.9. The Morgan fingerprint density at radius 2 is 1.76 bits per heavy atom. The molecule has 0 radical (unpaired) electrons. The van der Waals surface area contributed by atoms with Crippen LogP contribution in [-0.2, 0) is 17.5 Å². The highest BCUT2D eigenvalue weighted by Gasteiger charge is 2.30. The predicted octanol–water partition coefficient (Wildman–Crippen LogP) is 4.66. The first kappa shape index (κ1) is 22.6. The number of halogens is 3. The number of amides is 1. The van der Waals surface area contributed by atoms with E-state index in [0.717, 1.165) is 36.6 Å². The molecule has 1 saturated heterocycles. The second-order valence-corrected chi connectivity index (χ2v) is 7.46. The maximum absolute atomic E-state index is 12.9. The van der Waals surface area contributed by atoms with Gasteiger partial charge in [0, 0.05) is 31.4 Å². The number of rotatable bonds is 6. The molecule has 2 aromatic carbocycles. The average molecular weight is 457 g/mol. The van der Waals surface area contributed by atoms with Crippen LogP contribution in [0.4, 0.5) is 19.0 Å². The Morgan fingerprint density at radius 1 is 1.03 bits per heavy atom. The van der Waals surface area contributed by atoms with Crippen molar-refractivity contribution in [3.8, 4) is 11.5 Å². The minimum atomic E-state index is -4.46. The van der Waals surface area contributed by atoms with Gasteiger partial charge in [-0.3, -0.25) is 4.79 Å². The second kappa shape index (κ2) is 9.91. The molecule has 1 amide bonds. The number of hydrogen-bond donors (Lipinski definition) is 1. The number of carbonyl (C=O) groups excluding carboxylic acids is 1. The highest BCUT2D eigenvalue weighted by Crippen LogP contribution is 2.32. The van der Waals surface area contributed by atoms with Gasteiger partial charge in [0.1, 0.15) is 17.3 Å². The third kappa shape index (κ3) is 6.01. The summed E-state index contributed by atoms with van der Waals surface area (Å²) in [5.74, 6) is 0.811. The molecule has 0 atom stereocenters. The zero-order valence-electron chi connectivity index (χ0n) is 17.6. The molecular formula is C24H22F3N3O3. The van der Waals surface area contributed by atoms with Crippen LogP contribution in [0.5, 0.6) is 11.5 Å². The van der Waals surface area contributed by atoms with Gasteiger partial charge in [-0.25, -0.2) is 4.98 Å². The number of aromatic nitrogens is 1. The molecule has 1 fully saturated rings. The molecule has 0 unspecified atom stereocenters. The number of ether oxygens (including phenoxy) is 2. The number of nitrogens with zero attached hydrogens (tertiary/aromatic N) is 2. The SMILES string of the molecule is O=C(NCc1ccnc(N2CCOCC2)c1)c1cccc(Oc2cccc(C(F)(F)F)c2)c1. The first-order valence-corrected chi connectivity index (χ1v) is 10.4. The second-order valence-electron chi connectivity index (χ2n) is 7.46. The summed E-state index contributed by atoms with van der Waals surface area (Å²) in [6, 6.07) is 14.6. The molecule has 0 saturated carbocycles. The molecule has 0 spiro atoms. The maximum atomic E-state index is 12.9. The number of carbonyl (C=O) groups is 1. The van der Waals surface area contributed by atoms with Gasteiger partial charge in [-0.15, -0.1) is 0 Å². The molecule has 0 aliphatic carbocycles. The molecular weight excluding hydrogens is 435 g/mol. The van der Waals surface area contributed by atoms with Crippen LogP contribution in [0.3, 0.4) is 0 Å². The van der Waals surface area contributed by atoms with E-state index in [1.807, 2.05) is 12.1 Å². The smallest absolute Gasteiger partial charge is 0.416 e. The molecule has 1 aliphatic rings. The van der Waals surface area contributed by atoms with Gasteiger partial charge in [0.15, 0.2) is 0 Å². The summed E-state index contributed by atoms with van der Waals surface area (Å²) in [6.45, 7) is 3.14. The van der Waals surface area contributed by atoms with E-state index in [1.54, 1.807) is 24.4 Å². The van der Waals surface area contributed by atoms with Crippen molar-refractivity contribution < 1.29 is 27.4 Å². The van der Waals surface area contributed by atoms with Gasteiger partial charge in [0.25, 0.3) is 5.91 Å². The third-order valence-electron chi connectivity index (χ3n) is 5.09. The highest BCUT2D eigenvalue weighted by atomic mass is 19.4. The summed E-state index contributed by atoms with van der Waals surface area (Å²) < 4.78 is 49.6. The Hall–Kier alpha value is -3.59. The number of nitrogens with one attached hydrogen (secondary N) is 1. The van der Waals surface area contributed by atoms with Gasteiger partial charge < -0.3 is 19.7 Å². The monoisotopic (exact) mass is 457 g/mol.